The Labute approximate surface area is 148 Å². The summed E-state index contributed by atoms with van der Waals surface area (Å²) in [7, 11) is 1.48. The zero-order valence-electron chi connectivity index (χ0n) is 14.7. The van der Waals surface area contributed by atoms with Crippen molar-refractivity contribution in [3.05, 3.63) is 65.2 Å². The van der Waals surface area contributed by atoms with Gasteiger partial charge in [-0.15, -0.1) is 11.8 Å². The van der Waals surface area contributed by atoms with Crippen molar-refractivity contribution in [2.75, 3.05) is 7.11 Å². The van der Waals surface area contributed by atoms with E-state index in [1.807, 2.05) is 17.8 Å². The van der Waals surface area contributed by atoms with Crippen LogP contribution >= 0.6 is 11.8 Å². The minimum absolute atomic E-state index is 0.0173. The van der Waals surface area contributed by atoms with E-state index in [0.29, 0.717) is 0 Å². The summed E-state index contributed by atoms with van der Waals surface area (Å²) < 4.78 is 4.97. The molecule has 3 rings (SSSR count). The minimum Gasteiger partial charge on any atom is -0.469 e. The normalized spacial score (nSPS) is 21.3. The van der Waals surface area contributed by atoms with Crippen LogP contribution in [0.5, 0.6) is 0 Å². The van der Waals surface area contributed by atoms with Crippen molar-refractivity contribution < 1.29 is 9.53 Å². The van der Waals surface area contributed by atoms with Gasteiger partial charge in [0.05, 0.1) is 13.0 Å². The van der Waals surface area contributed by atoms with Crippen LogP contribution in [-0.2, 0) is 15.3 Å². The van der Waals surface area contributed by atoms with Crippen LogP contribution in [0.3, 0.4) is 0 Å². The van der Waals surface area contributed by atoms with Crippen LogP contribution in [0.25, 0.3) is 0 Å². The van der Waals surface area contributed by atoms with Gasteiger partial charge in [0, 0.05) is 16.6 Å². The van der Waals surface area contributed by atoms with E-state index in [9.17, 15) is 4.79 Å². The summed E-state index contributed by atoms with van der Waals surface area (Å²) in [6, 6.07) is 17.1. The molecule has 126 valence electrons. The van der Waals surface area contributed by atoms with Crippen LogP contribution in [0, 0.1) is 18.3 Å². The monoisotopic (exact) mass is 340 g/mol. The van der Waals surface area contributed by atoms with Gasteiger partial charge in [-0.2, -0.15) is 0 Å². The lowest BCUT2D eigenvalue weighted by Gasteiger charge is -2.10. The molecule has 0 aromatic heterocycles. The van der Waals surface area contributed by atoms with E-state index in [1.165, 1.54) is 28.7 Å². The summed E-state index contributed by atoms with van der Waals surface area (Å²) in [6.07, 6.45) is 0. The van der Waals surface area contributed by atoms with Crippen molar-refractivity contribution in [2.45, 2.75) is 37.3 Å². The van der Waals surface area contributed by atoms with E-state index < -0.39 is 0 Å². The van der Waals surface area contributed by atoms with Crippen LogP contribution in [0.1, 0.15) is 36.5 Å². The van der Waals surface area contributed by atoms with E-state index in [4.69, 9.17) is 4.74 Å². The minimum atomic E-state index is -0.0908. The maximum absolute atomic E-state index is 12.0. The molecule has 2 nitrogen and oxygen atoms in total. The molecule has 0 unspecified atom stereocenters. The summed E-state index contributed by atoms with van der Waals surface area (Å²) >= 11 is 1.85. The molecule has 1 fully saturated rings. The summed E-state index contributed by atoms with van der Waals surface area (Å²) in [5.41, 5.74) is 3.85. The van der Waals surface area contributed by atoms with Crippen LogP contribution in [0.15, 0.2) is 53.4 Å². The molecule has 0 spiro atoms. The van der Waals surface area contributed by atoms with Crippen molar-refractivity contribution in [1.82, 2.24) is 0 Å². The quantitative estimate of drug-likeness (QED) is 0.553. The highest BCUT2D eigenvalue weighted by molar-refractivity contribution is 7.98. The number of aryl methyl sites for hydroxylation is 1. The number of benzene rings is 2. The van der Waals surface area contributed by atoms with Crippen LogP contribution in [0.4, 0.5) is 0 Å². The topological polar surface area (TPSA) is 26.3 Å². The highest BCUT2D eigenvalue weighted by Crippen LogP contribution is 2.65. The number of ether oxygens (including phenoxy) is 1. The smallest absolute Gasteiger partial charge is 0.309 e. The first-order valence-electron chi connectivity index (χ1n) is 8.30. The van der Waals surface area contributed by atoms with Gasteiger partial charge in [-0.1, -0.05) is 50.2 Å². The summed E-state index contributed by atoms with van der Waals surface area (Å²) in [4.78, 5) is 13.3. The van der Waals surface area contributed by atoms with E-state index in [1.54, 1.807) is 0 Å². The van der Waals surface area contributed by atoms with Crippen molar-refractivity contribution in [1.29, 1.82) is 0 Å². The van der Waals surface area contributed by atoms with Crippen LogP contribution in [-0.4, -0.2) is 13.1 Å². The van der Waals surface area contributed by atoms with Gasteiger partial charge in [0.1, 0.15) is 0 Å². The number of hydrogen-bond donors (Lipinski definition) is 0. The van der Waals surface area contributed by atoms with Crippen molar-refractivity contribution in [3.63, 3.8) is 0 Å². The fourth-order valence-corrected chi connectivity index (χ4v) is 4.56. The van der Waals surface area contributed by atoms with Crippen molar-refractivity contribution >= 4 is 17.7 Å². The first kappa shape index (κ1) is 17.1. The molecule has 1 saturated carbocycles. The van der Waals surface area contributed by atoms with Crippen LogP contribution < -0.4 is 0 Å². The maximum Gasteiger partial charge on any atom is 0.309 e. The summed E-state index contributed by atoms with van der Waals surface area (Å²) in [5, 5.41) is 0. The standard InChI is InChI=1S/C21H24O2S/c1-14-12-16(24-13-15-8-6-5-7-9-15)10-11-17(14)18-19(20(22)23-4)21(18,2)3/h5-12,18-19H,13H2,1-4H3/t18-,19+/m0/s1. The van der Waals surface area contributed by atoms with Crippen LogP contribution in [0.2, 0.25) is 0 Å². The number of esters is 1. The molecule has 0 bridgehead atoms. The molecule has 2 aromatic rings. The third-order valence-electron chi connectivity index (χ3n) is 5.11. The molecule has 2 aromatic carbocycles. The summed E-state index contributed by atoms with van der Waals surface area (Å²) in [6.45, 7) is 6.44. The van der Waals surface area contributed by atoms with Gasteiger partial charge in [-0.25, -0.2) is 0 Å². The Morgan fingerprint density at radius 3 is 2.50 bits per heavy atom. The second kappa shape index (κ2) is 6.64. The largest absolute Gasteiger partial charge is 0.469 e. The lowest BCUT2D eigenvalue weighted by Crippen LogP contribution is -2.07. The molecule has 0 saturated heterocycles. The van der Waals surface area contributed by atoms with E-state index >= 15 is 0 Å². The molecule has 1 aliphatic carbocycles. The molecule has 0 aliphatic heterocycles. The average Bonchev–Trinajstić information content (AvgIpc) is 3.15. The molecule has 0 amide bonds. The molecule has 0 heterocycles. The Morgan fingerprint density at radius 2 is 1.88 bits per heavy atom. The fraction of sp³-hybridized carbons (Fsp3) is 0.381. The van der Waals surface area contributed by atoms with E-state index in [-0.39, 0.29) is 23.2 Å². The second-order valence-corrected chi connectivity index (χ2v) is 8.14. The van der Waals surface area contributed by atoms with Gasteiger partial charge >= 0.3 is 5.97 Å². The average molecular weight is 340 g/mol. The Hall–Kier alpha value is -1.74. The predicted molar refractivity (Wildman–Crippen MR) is 99.2 cm³/mol. The first-order valence-corrected chi connectivity index (χ1v) is 9.29. The zero-order valence-corrected chi connectivity index (χ0v) is 15.5. The van der Waals surface area contributed by atoms with Crippen molar-refractivity contribution in [2.24, 2.45) is 11.3 Å². The Balaban J connectivity index is 1.73. The van der Waals surface area contributed by atoms with E-state index in [2.05, 4.69) is 63.2 Å². The lowest BCUT2D eigenvalue weighted by molar-refractivity contribution is -0.143. The SMILES string of the molecule is COC(=O)[C@H]1[C@H](c2ccc(SCc3ccccc3)cc2C)C1(C)C. The van der Waals surface area contributed by atoms with Gasteiger partial charge < -0.3 is 4.74 Å². The predicted octanol–water partition coefficient (Wildman–Crippen LogP) is 5.20. The van der Waals surface area contributed by atoms with Gasteiger partial charge in [0.2, 0.25) is 0 Å². The van der Waals surface area contributed by atoms with Gasteiger partial charge in [0.25, 0.3) is 0 Å². The number of rotatable bonds is 5. The number of carbonyl (C=O) groups is 1. The Kier molecular flexibility index (Phi) is 4.73. The van der Waals surface area contributed by atoms with E-state index in [0.717, 1.165) is 5.75 Å². The molecular weight excluding hydrogens is 316 g/mol. The number of carbonyl (C=O) groups excluding carboxylic acids is 1. The number of hydrogen-bond acceptors (Lipinski definition) is 3. The molecule has 2 atom stereocenters. The zero-order chi connectivity index (χ0) is 17.3. The fourth-order valence-electron chi connectivity index (χ4n) is 3.61. The van der Waals surface area contributed by atoms with Crippen molar-refractivity contribution in [3.8, 4) is 0 Å². The van der Waals surface area contributed by atoms with Gasteiger partial charge in [0.15, 0.2) is 0 Å². The second-order valence-electron chi connectivity index (χ2n) is 7.09. The maximum atomic E-state index is 12.0. The first-order chi connectivity index (χ1) is 11.4. The molecular formula is C21H24O2S. The molecule has 1 aliphatic rings. The highest BCUT2D eigenvalue weighted by Gasteiger charge is 2.63. The van der Waals surface area contributed by atoms with Gasteiger partial charge in [-0.3, -0.25) is 4.79 Å². The Morgan fingerprint density at radius 1 is 1.17 bits per heavy atom. The highest BCUT2D eigenvalue weighted by atomic mass is 32.2. The molecule has 0 radical (unpaired) electrons. The summed E-state index contributed by atoms with van der Waals surface area (Å²) in [5.74, 6) is 1.12. The third kappa shape index (κ3) is 3.23. The third-order valence-corrected chi connectivity index (χ3v) is 6.17. The molecule has 3 heteroatoms. The number of methoxy groups -OCH3 is 1. The molecule has 24 heavy (non-hydrogen) atoms. The molecule has 0 N–H and O–H groups in total. The lowest BCUT2D eigenvalue weighted by atomic mass is 9.99. The van der Waals surface area contributed by atoms with Gasteiger partial charge in [-0.05, 0) is 41.2 Å². The Bertz CT molecular complexity index is 737. The number of thioether (sulfide) groups is 1.